The second-order valence-corrected chi connectivity index (χ2v) is 9.34. The number of rotatable bonds is 8. The van der Waals surface area contributed by atoms with Gasteiger partial charge in [-0.1, -0.05) is 24.8 Å². The molecule has 174 valence electrons. The Bertz CT molecular complexity index is 1240. The minimum Gasteiger partial charge on any atom is -0.490 e. The van der Waals surface area contributed by atoms with E-state index in [1.54, 1.807) is 30.6 Å². The van der Waals surface area contributed by atoms with Gasteiger partial charge < -0.3 is 14.8 Å². The fourth-order valence-electron chi connectivity index (χ4n) is 4.21. The Morgan fingerprint density at radius 3 is 2.91 bits per heavy atom. The molecule has 1 atom stereocenters. The van der Waals surface area contributed by atoms with E-state index >= 15 is 0 Å². The molecule has 0 unspecified atom stereocenters. The minimum absolute atomic E-state index is 0.0197. The Kier molecular flexibility index (Phi) is 7.41. The second-order valence-electron chi connectivity index (χ2n) is 8.37. The fraction of sp³-hybridized carbons (Fsp3) is 0.296. The molecule has 0 fully saturated rings. The third-order valence-electron chi connectivity index (χ3n) is 5.73. The summed E-state index contributed by atoms with van der Waals surface area (Å²) in [5.74, 6) is 0.960. The fourth-order valence-corrected chi connectivity index (χ4v) is 4.75. The van der Waals surface area contributed by atoms with E-state index in [2.05, 4.69) is 41.1 Å². The number of nitrogens with one attached hydrogen (secondary N) is 1. The molecule has 0 aliphatic heterocycles. The average Bonchev–Trinajstić information content (AvgIpc) is 3.50. The highest BCUT2D eigenvalue weighted by Gasteiger charge is 2.25. The maximum absolute atomic E-state index is 9.57. The van der Waals surface area contributed by atoms with Gasteiger partial charge in [0.1, 0.15) is 11.8 Å². The first-order valence-corrected chi connectivity index (χ1v) is 12.1. The van der Waals surface area contributed by atoms with Crippen molar-refractivity contribution < 1.29 is 9.47 Å². The van der Waals surface area contributed by atoms with Crippen LogP contribution in [0.25, 0.3) is 5.70 Å². The van der Waals surface area contributed by atoms with Crippen molar-refractivity contribution in [3.05, 3.63) is 87.4 Å². The van der Waals surface area contributed by atoms with Gasteiger partial charge in [-0.15, -0.1) is 11.3 Å². The molecule has 1 aromatic heterocycles. The molecule has 1 heterocycles. The first kappa shape index (κ1) is 23.7. The van der Waals surface area contributed by atoms with E-state index in [4.69, 9.17) is 14.5 Å². The Hall–Kier alpha value is -3.47. The predicted octanol–water partition coefficient (Wildman–Crippen LogP) is 5.64. The van der Waals surface area contributed by atoms with Gasteiger partial charge in [0.05, 0.1) is 30.0 Å². The topological polar surface area (TPSA) is 79.5 Å². The third-order valence-corrected chi connectivity index (χ3v) is 6.51. The van der Waals surface area contributed by atoms with Crippen molar-refractivity contribution in [3.8, 4) is 11.8 Å². The number of nitriles is 1. The van der Waals surface area contributed by atoms with Crippen LogP contribution in [0.3, 0.4) is 0 Å². The molecular formula is C27H28N4O2S. The first-order valence-electron chi connectivity index (χ1n) is 11.3. The van der Waals surface area contributed by atoms with Crippen LogP contribution in [-0.4, -0.2) is 24.1 Å². The van der Waals surface area contributed by atoms with Gasteiger partial charge in [0.15, 0.2) is 0 Å². The Balaban J connectivity index is 1.57. The summed E-state index contributed by atoms with van der Waals surface area (Å²) in [7, 11) is 1.57. The van der Waals surface area contributed by atoms with Crippen LogP contribution in [0.1, 0.15) is 59.0 Å². The van der Waals surface area contributed by atoms with Crippen LogP contribution in [0.5, 0.6) is 5.75 Å². The summed E-state index contributed by atoms with van der Waals surface area (Å²) in [5.41, 5.74) is 7.22. The highest BCUT2D eigenvalue weighted by atomic mass is 32.1. The molecule has 0 saturated heterocycles. The van der Waals surface area contributed by atoms with Crippen LogP contribution in [0.2, 0.25) is 0 Å². The van der Waals surface area contributed by atoms with E-state index in [1.165, 1.54) is 16.0 Å². The molecule has 0 amide bonds. The van der Waals surface area contributed by atoms with Crippen LogP contribution in [0.15, 0.2) is 59.7 Å². The Morgan fingerprint density at radius 2 is 2.21 bits per heavy atom. The quantitative estimate of drug-likeness (QED) is 0.339. The van der Waals surface area contributed by atoms with Gasteiger partial charge >= 0.3 is 0 Å². The van der Waals surface area contributed by atoms with Crippen molar-refractivity contribution >= 4 is 22.9 Å². The van der Waals surface area contributed by atoms with Crippen LogP contribution >= 0.6 is 11.3 Å². The lowest BCUT2D eigenvalue weighted by Gasteiger charge is -2.15. The third kappa shape index (κ3) is 5.19. The molecule has 0 spiro atoms. The number of ether oxygens (including phenoxy) is 2. The lowest BCUT2D eigenvalue weighted by molar-refractivity contribution is 0.241. The summed E-state index contributed by atoms with van der Waals surface area (Å²) in [6.07, 6.45) is 3.88. The van der Waals surface area contributed by atoms with Gasteiger partial charge in [0.25, 0.3) is 0 Å². The van der Waals surface area contributed by atoms with E-state index in [9.17, 15) is 5.26 Å². The number of hydrogen-bond donors (Lipinski definition) is 1. The zero-order chi connectivity index (χ0) is 24.1. The summed E-state index contributed by atoms with van der Waals surface area (Å²) in [4.78, 5) is 10.1. The van der Waals surface area contributed by atoms with E-state index in [1.807, 2.05) is 31.6 Å². The largest absolute Gasteiger partial charge is 0.490 e. The molecule has 0 saturated carbocycles. The molecule has 7 heteroatoms. The first-order chi connectivity index (χ1) is 16.5. The summed E-state index contributed by atoms with van der Waals surface area (Å²) < 4.78 is 11.3. The van der Waals surface area contributed by atoms with E-state index in [0.29, 0.717) is 34.5 Å². The van der Waals surface area contributed by atoms with Gasteiger partial charge in [-0.05, 0) is 56.0 Å². The Morgan fingerprint density at radius 1 is 1.35 bits per heavy atom. The molecule has 34 heavy (non-hydrogen) atoms. The maximum atomic E-state index is 9.57. The summed E-state index contributed by atoms with van der Waals surface area (Å²) in [5, 5.41) is 13.2. The molecular weight excluding hydrogens is 444 g/mol. The second kappa shape index (κ2) is 10.6. The van der Waals surface area contributed by atoms with Crippen molar-refractivity contribution in [2.75, 3.05) is 7.11 Å². The van der Waals surface area contributed by atoms with Gasteiger partial charge in [0.2, 0.25) is 5.90 Å². The number of nitrogens with zero attached hydrogens (tertiary/aromatic N) is 3. The highest BCUT2D eigenvalue weighted by molar-refractivity contribution is 7.09. The summed E-state index contributed by atoms with van der Waals surface area (Å²) >= 11 is 1.66. The van der Waals surface area contributed by atoms with Gasteiger partial charge in [-0.25, -0.2) is 4.99 Å². The van der Waals surface area contributed by atoms with Crippen molar-refractivity contribution in [1.82, 2.24) is 10.3 Å². The van der Waals surface area contributed by atoms with Crippen LogP contribution in [0.4, 0.5) is 0 Å². The molecule has 4 rings (SSSR count). The van der Waals surface area contributed by atoms with Gasteiger partial charge in [-0.2, -0.15) is 5.26 Å². The SMILES string of the molecule is C=C(N=C(OC)c1ccc(OC(C)C)c(C#N)c1)c1cccc2c1CC[C@@H]2NCc1cncs1. The summed E-state index contributed by atoms with van der Waals surface area (Å²) in [6, 6.07) is 14.2. The standard InChI is InChI=1S/C27H28N4O2S/c1-17(2)33-26-11-8-19(12-20(26)13-28)27(32-4)31-18(3)22-6-5-7-24-23(22)9-10-25(24)30-15-21-14-29-16-34-21/h5-8,11-12,14,16-17,25,30H,3,9-10,15H2,1-2,4H3/t25-/m0/s1. The molecule has 1 aliphatic carbocycles. The van der Waals surface area contributed by atoms with Crippen molar-refractivity contribution in [1.29, 1.82) is 5.26 Å². The molecule has 2 aromatic carbocycles. The van der Waals surface area contributed by atoms with Crippen LogP contribution in [-0.2, 0) is 17.7 Å². The molecule has 0 radical (unpaired) electrons. The number of methoxy groups -OCH3 is 1. The maximum Gasteiger partial charge on any atom is 0.221 e. The number of aliphatic imine (C=N–C) groups is 1. The smallest absolute Gasteiger partial charge is 0.221 e. The number of benzene rings is 2. The zero-order valence-electron chi connectivity index (χ0n) is 19.7. The minimum atomic E-state index is -0.0197. The Labute approximate surface area is 204 Å². The van der Waals surface area contributed by atoms with Crippen molar-refractivity contribution in [2.45, 2.75) is 45.4 Å². The molecule has 3 aromatic rings. The van der Waals surface area contributed by atoms with Gasteiger partial charge in [0, 0.05) is 34.8 Å². The lowest BCUT2D eigenvalue weighted by atomic mass is 10.0. The van der Waals surface area contributed by atoms with Crippen molar-refractivity contribution in [2.24, 2.45) is 4.99 Å². The number of thiazole rings is 1. The molecule has 1 N–H and O–H groups in total. The van der Waals surface area contributed by atoms with Crippen molar-refractivity contribution in [3.63, 3.8) is 0 Å². The van der Waals surface area contributed by atoms with Gasteiger partial charge in [-0.3, -0.25) is 4.98 Å². The van der Waals surface area contributed by atoms with Crippen LogP contribution < -0.4 is 10.1 Å². The molecule has 6 nitrogen and oxygen atoms in total. The summed E-state index contributed by atoms with van der Waals surface area (Å²) in [6.45, 7) is 8.91. The van der Waals surface area contributed by atoms with E-state index < -0.39 is 0 Å². The number of hydrogen-bond acceptors (Lipinski definition) is 7. The molecule has 0 bridgehead atoms. The normalized spacial score (nSPS) is 15.1. The lowest BCUT2D eigenvalue weighted by Crippen LogP contribution is -2.18. The number of fused-ring (bicyclic) bond motifs is 1. The predicted molar refractivity (Wildman–Crippen MR) is 136 cm³/mol. The van der Waals surface area contributed by atoms with E-state index in [-0.39, 0.29) is 6.10 Å². The molecule has 1 aliphatic rings. The highest BCUT2D eigenvalue weighted by Crippen LogP contribution is 2.36. The monoisotopic (exact) mass is 472 g/mol. The number of aromatic nitrogens is 1. The zero-order valence-corrected chi connectivity index (χ0v) is 20.5. The van der Waals surface area contributed by atoms with Crippen LogP contribution in [0, 0.1) is 11.3 Å². The van der Waals surface area contributed by atoms with E-state index in [0.717, 1.165) is 24.9 Å². The average molecular weight is 473 g/mol.